The molecule has 0 aromatic heterocycles. The van der Waals surface area contributed by atoms with Crippen LogP contribution in [0.15, 0.2) is 22.9 Å². The zero-order valence-electron chi connectivity index (χ0n) is 17.1. The third-order valence-electron chi connectivity index (χ3n) is 4.89. The zero-order valence-corrected chi connectivity index (χ0v) is 17.1. The Bertz CT molecular complexity index is 666. The van der Waals surface area contributed by atoms with Gasteiger partial charge in [0.1, 0.15) is 5.57 Å². The summed E-state index contributed by atoms with van der Waals surface area (Å²) >= 11 is 0. The molecule has 0 spiro atoms. The van der Waals surface area contributed by atoms with Gasteiger partial charge in [-0.25, -0.2) is 4.79 Å². The van der Waals surface area contributed by atoms with Gasteiger partial charge >= 0.3 is 6.03 Å². The first-order chi connectivity index (χ1) is 12.8. The van der Waals surface area contributed by atoms with Crippen molar-refractivity contribution in [1.29, 1.82) is 0 Å². The highest BCUT2D eigenvalue weighted by Crippen LogP contribution is 2.36. The summed E-state index contributed by atoms with van der Waals surface area (Å²) < 4.78 is 5.15. The van der Waals surface area contributed by atoms with E-state index in [9.17, 15) is 14.4 Å². The highest BCUT2D eigenvalue weighted by molar-refractivity contribution is 6.29. The van der Waals surface area contributed by atoms with E-state index >= 15 is 0 Å². The summed E-state index contributed by atoms with van der Waals surface area (Å²) in [4.78, 5) is 43.6. The van der Waals surface area contributed by atoms with E-state index < -0.39 is 23.9 Å². The number of hydrogen-bond acceptors (Lipinski definition) is 5. The molecule has 0 radical (unpaired) electrons. The van der Waals surface area contributed by atoms with E-state index in [1.165, 1.54) is 16.9 Å². The Morgan fingerprint density at radius 2 is 1.89 bits per heavy atom. The van der Waals surface area contributed by atoms with E-state index in [-0.39, 0.29) is 12.2 Å². The van der Waals surface area contributed by atoms with Crippen LogP contribution in [0.5, 0.6) is 0 Å². The standard InChI is InChI=1S/C20H31N3O4/c1-6-7-11-22-18(24)17(16-10-8-9-15(16)12-21(3)4)19(25)23(20(22)26)14(2)13-27-5/h12,14H,6-11,13H2,1-5H3/b15-12+,17-16-. The summed E-state index contributed by atoms with van der Waals surface area (Å²) in [7, 11) is 5.37. The van der Waals surface area contributed by atoms with Gasteiger partial charge in [0.2, 0.25) is 0 Å². The van der Waals surface area contributed by atoms with Crippen LogP contribution in [0.3, 0.4) is 0 Å². The Kier molecular flexibility index (Phi) is 7.18. The van der Waals surface area contributed by atoms with Gasteiger partial charge in [0.15, 0.2) is 0 Å². The zero-order chi connectivity index (χ0) is 20.1. The lowest BCUT2D eigenvalue weighted by atomic mass is 9.98. The van der Waals surface area contributed by atoms with Crippen molar-refractivity contribution in [3.05, 3.63) is 22.9 Å². The molecule has 1 heterocycles. The first-order valence-electron chi connectivity index (χ1n) is 9.62. The number of methoxy groups -OCH3 is 1. The number of barbiturate groups is 1. The second kappa shape index (κ2) is 9.17. The minimum Gasteiger partial charge on any atom is -0.383 e. The molecule has 2 fully saturated rings. The monoisotopic (exact) mass is 377 g/mol. The molecule has 0 aromatic rings. The van der Waals surface area contributed by atoms with E-state index in [0.717, 1.165) is 30.4 Å². The molecule has 2 rings (SSSR count). The maximum absolute atomic E-state index is 13.2. The van der Waals surface area contributed by atoms with E-state index in [4.69, 9.17) is 4.74 Å². The number of urea groups is 1. The molecule has 1 saturated carbocycles. The largest absolute Gasteiger partial charge is 0.383 e. The molecule has 0 bridgehead atoms. The van der Waals surface area contributed by atoms with Crippen molar-refractivity contribution in [2.45, 2.75) is 52.0 Å². The van der Waals surface area contributed by atoms with Gasteiger partial charge in [0.05, 0.1) is 12.6 Å². The second-order valence-electron chi connectivity index (χ2n) is 7.40. The summed E-state index contributed by atoms with van der Waals surface area (Å²) in [5, 5.41) is 0. The van der Waals surface area contributed by atoms with Gasteiger partial charge in [-0.15, -0.1) is 0 Å². The maximum Gasteiger partial charge on any atom is 0.334 e. The predicted molar refractivity (Wildman–Crippen MR) is 103 cm³/mol. The first-order valence-corrected chi connectivity index (χ1v) is 9.62. The van der Waals surface area contributed by atoms with Gasteiger partial charge in [-0.2, -0.15) is 0 Å². The van der Waals surface area contributed by atoms with Crippen LogP contribution in [0.4, 0.5) is 4.79 Å². The van der Waals surface area contributed by atoms with Crippen LogP contribution in [0, 0.1) is 0 Å². The van der Waals surface area contributed by atoms with E-state index in [1.807, 2.05) is 32.1 Å². The summed E-state index contributed by atoms with van der Waals surface area (Å²) in [6, 6.07) is -0.978. The Morgan fingerprint density at radius 1 is 1.19 bits per heavy atom. The van der Waals surface area contributed by atoms with E-state index in [0.29, 0.717) is 19.4 Å². The van der Waals surface area contributed by atoms with Crippen LogP contribution in [0.2, 0.25) is 0 Å². The number of carbonyl (C=O) groups is 3. The molecule has 7 nitrogen and oxygen atoms in total. The van der Waals surface area contributed by atoms with Gasteiger partial charge in [-0.3, -0.25) is 19.4 Å². The molecule has 27 heavy (non-hydrogen) atoms. The van der Waals surface area contributed by atoms with Gasteiger partial charge < -0.3 is 9.64 Å². The number of carbonyl (C=O) groups excluding carboxylic acids is 3. The summed E-state index contributed by atoms with van der Waals surface area (Å²) in [6.07, 6.45) is 5.93. The molecule has 2 aliphatic rings. The Balaban J connectivity index is 2.54. The van der Waals surface area contributed by atoms with Crippen LogP contribution < -0.4 is 0 Å². The Labute approximate surface area is 161 Å². The molecule has 1 atom stereocenters. The van der Waals surface area contributed by atoms with Crippen molar-refractivity contribution in [2.24, 2.45) is 0 Å². The second-order valence-corrected chi connectivity index (χ2v) is 7.40. The van der Waals surface area contributed by atoms with Crippen molar-refractivity contribution in [3.8, 4) is 0 Å². The molecule has 1 aliphatic carbocycles. The molecule has 1 unspecified atom stereocenters. The van der Waals surface area contributed by atoms with Gasteiger partial charge in [0.25, 0.3) is 11.8 Å². The molecule has 0 N–H and O–H groups in total. The number of imide groups is 2. The smallest absolute Gasteiger partial charge is 0.334 e. The highest BCUT2D eigenvalue weighted by Gasteiger charge is 2.45. The number of amides is 4. The fourth-order valence-electron chi connectivity index (χ4n) is 3.63. The maximum atomic E-state index is 13.2. The minimum absolute atomic E-state index is 0.152. The number of unbranched alkanes of at least 4 members (excludes halogenated alkanes) is 1. The third kappa shape index (κ3) is 4.40. The molecule has 1 aliphatic heterocycles. The van der Waals surface area contributed by atoms with Crippen LogP contribution in [-0.4, -0.2) is 72.9 Å². The molecule has 1 saturated heterocycles. The predicted octanol–water partition coefficient (Wildman–Crippen LogP) is 2.54. The van der Waals surface area contributed by atoms with Crippen molar-refractivity contribution in [2.75, 3.05) is 34.4 Å². The summed E-state index contributed by atoms with van der Waals surface area (Å²) in [6.45, 7) is 4.32. The summed E-state index contributed by atoms with van der Waals surface area (Å²) in [5.41, 5.74) is 1.93. The highest BCUT2D eigenvalue weighted by atomic mass is 16.5. The quantitative estimate of drug-likeness (QED) is 0.504. The van der Waals surface area contributed by atoms with Crippen LogP contribution in [-0.2, 0) is 14.3 Å². The molecular weight excluding hydrogens is 346 g/mol. The van der Waals surface area contributed by atoms with E-state index in [1.54, 1.807) is 6.92 Å². The number of hydrogen-bond donors (Lipinski definition) is 0. The van der Waals surface area contributed by atoms with Crippen LogP contribution >= 0.6 is 0 Å². The molecule has 0 aromatic carbocycles. The van der Waals surface area contributed by atoms with Gasteiger partial charge in [-0.05, 0) is 43.8 Å². The third-order valence-corrected chi connectivity index (χ3v) is 4.89. The van der Waals surface area contributed by atoms with Crippen LogP contribution in [0.25, 0.3) is 0 Å². The number of nitrogens with zero attached hydrogens (tertiary/aromatic N) is 3. The summed E-state index contributed by atoms with van der Waals surface area (Å²) in [5.74, 6) is -0.954. The molecular formula is C20H31N3O4. The van der Waals surface area contributed by atoms with Crippen molar-refractivity contribution in [1.82, 2.24) is 14.7 Å². The lowest BCUT2D eigenvalue weighted by Gasteiger charge is -2.37. The van der Waals surface area contributed by atoms with Crippen LogP contribution in [0.1, 0.15) is 46.0 Å². The van der Waals surface area contributed by atoms with Crippen molar-refractivity contribution in [3.63, 3.8) is 0 Å². The lowest BCUT2D eigenvalue weighted by molar-refractivity contribution is -0.137. The average Bonchev–Trinajstić information content (AvgIpc) is 3.02. The number of allylic oxidation sites excluding steroid dienone is 2. The minimum atomic E-state index is -0.538. The van der Waals surface area contributed by atoms with Gasteiger partial charge in [-0.1, -0.05) is 13.3 Å². The Hall–Kier alpha value is -2.15. The van der Waals surface area contributed by atoms with E-state index in [2.05, 4.69) is 0 Å². The van der Waals surface area contributed by atoms with Gasteiger partial charge in [0, 0.05) is 33.9 Å². The Morgan fingerprint density at radius 3 is 2.48 bits per heavy atom. The first kappa shape index (κ1) is 21.2. The fraction of sp³-hybridized carbons (Fsp3) is 0.650. The van der Waals surface area contributed by atoms with Crippen molar-refractivity contribution < 1.29 is 19.1 Å². The number of ether oxygens (including phenoxy) is 1. The molecule has 7 heteroatoms. The lowest BCUT2D eigenvalue weighted by Crippen LogP contribution is -2.60. The number of rotatable bonds is 7. The fourth-order valence-corrected chi connectivity index (χ4v) is 3.63. The van der Waals surface area contributed by atoms with Crippen molar-refractivity contribution >= 4 is 17.8 Å². The normalized spacial score (nSPS) is 23.6. The average molecular weight is 377 g/mol. The molecule has 150 valence electrons. The molecule has 4 amide bonds. The SMILES string of the molecule is CCCCN1C(=O)/C(=C2\CCC\C2=C/N(C)C)C(=O)N(C(C)COC)C1=O. The topological polar surface area (TPSA) is 70.2 Å².